The number of hydrogen-bond acceptors (Lipinski definition) is 4. The monoisotopic (exact) mass is 359 g/mol. The van der Waals surface area contributed by atoms with E-state index in [-0.39, 0.29) is 11.7 Å². The van der Waals surface area contributed by atoms with E-state index in [1.165, 1.54) is 18.5 Å². The average molecular weight is 359 g/mol. The number of piperidine rings is 1. The summed E-state index contributed by atoms with van der Waals surface area (Å²) in [5, 5.41) is 0. The fourth-order valence-corrected chi connectivity index (χ4v) is 3.59. The van der Waals surface area contributed by atoms with E-state index in [4.69, 9.17) is 4.42 Å². The Balaban J connectivity index is 1.49. The van der Waals surface area contributed by atoms with E-state index in [2.05, 4.69) is 9.88 Å². The van der Waals surface area contributed by atoms with Gasteiger partial charge in [0.25, 0.3) is 5.91 Å². The summed E-state index contributed by atoms with van der Waals surface area (Å²) in [7, 11) is 1.82. The summed E-state index contributed by atoms with van der Waals surface area (Å²) in [6.07, 6.45) is 4.49. The normalized spacial score (nSPS) is 18.0. The van der Waals surface area contributed by atoms with Crippen LogP contribution in [0.4, 0.5) is 4.39 Å². The predicted molar refractivity (Wildman–Crippen MR) is 97.5 cm³/mol. The maximum atomic E-state index is 13.0. The molecule has 6 heteroatoms. The lowest BCUT2D eigenvalue weighted by molar-refractivity contribution is 0.0699. The molecule has 1 fully saturated rings. The lowest BCUT2D eigenvalue weighted by Gasteiger charge is -2.34. The van der Waals surface area contributed by atoms with Gasteiger partial charge in [0.15, 0.2) is 6.39 Å². The first-order valence-corrected chi connectivity index (χ1v) is 9.15. The summed E-state index contributed by atoms with van der Waals surface area (Å²) < 4.78 is 18.2. The minimum Gasteiger partial charge on any atom is -0.438 e. The smallest absolute Gasteiger partial charge is 0.291 e. The van der Waals surface area contributed by atoms with Gasteiger partial charge in [-0.05, 0) is 56.3 Å². The van der Waals surface area contributed by atoms with Crippen molar-refractivity contribution in [2.24, 2.45) is 5.92 Å². The number of amides is 1. The first-order chi connectivity index (χ1) is 12.5. The molecule has 1 aromatic heterocycles. The molecule has 3 rings (SSSR count). The van der Waals surface area contributed by atoms with E-state index in [0.29, 0.717) is 23.9 Å². The molecule has 0 bridgehead atoms. The summed E-state index contributed by atoms with van der Waals surface area (Å²) >= 11 is 0. The molecule has 0 unspecified atom stereocenters. The second-order valence-electron chi connectivity index (χ2n) is 7.14. The molecule has 1 amide bonds. The van der Waals surface area contributed by atoms with E-state index < -0.39 is 0 Å². The number of aryl methyl sites for hydroxylation is 1. The third kappa shape index (κ3) is 4.69. The maximum absolute atomic E-state index is 13.0. The van der Waals surface area contributed by atoms with Gasteiger partial charge in [-0.15, -0.1) is 0 Å². The number of nitrogens with zero attached hydrogens (tertiary/aromatic N) is 3. The quantitative estimate of drug-likeness (QED) is 0.795. The van der Waals surface area contributed by atoms with Gasteiger partial charge in [0, 0.05) is 26.7 Å². The van der Waals surface area contributed by atoms with E-state index in [1.807, 2.05) is 19.2 Å². The summed E-state index contributed by atoms with van der Waals surface area (Å²) in [4.78, 5) is 20.6. The van der Waals surface area contributed by atoms with Crippen LogP contribution in [0.1, 0.15) is 34.7 Å². The Kier molecular flexibility index (Phi) is 6.04. The van der Waals surface area contributed by atoms with Gasteiger partial charge >= 0.3 is 0 Å². The van der Waals surface area contributed by atoms with E-state index in [9.17, 15) is 9.18 Å². The first-order valence-electron chi connectivity index (χ1n) is 9.15. The molecule has 0 spiro atoms. The van der Waals surface area contributed by atoms with Crippen molar-refractivity contribution in [3.63, 3.8) is 0 Å². The third-order valence-corrected chi connectivity index (χ3v) is 5.05. The molecule has 2 aromatic rings. The van der Waals surface area contributed by atoms with Crippen LogP contribution in [-0.4, -0.2) is 53.9 Å². The van der Waals surface area contributed by atoms with Crippen LogP contribution in [0.3, 0.4) is 0 Å². The summed E-state index contributed by atoms with van der Waals surface area (Å²) in [6.45, 7) is 5.51. The zero-order chi connectivity index (χ0) is 18.5. The molecule has 0 aliphatic carbocycles. The molecular weight excluding hydrogens is 333 g/mol. The number of likely N-dealkylation sites (tertiary alicyclic amines) is 1. The largest absolute Gasteiger partial charge is 0.438 e. The number of carbonyl (C=O) groups is 1. The SMILES string of the molecule is Cc1ncoc1C(=O)N(C)C[C@H]1CCCN(CCc2ccc(F)cc2)C1. The van der Waals surface area contributed by atoms with Crippen LogP contribution < -0.4 is 0 Å². The van der Waals surface area contributed by atoms with Crippen LogP contribution >= 0.6 is 0 Å². The molecule has 26 heavy (non-hydrogen) atoms. The Morgan fingerprint density at radius 1 is 1.38 bits per heavy atom. The van der Waals surface area contributed by atoms with E-state index in [1.54, 1.807) is 11.8 Å². The molecule has 1 saturated heterocycles. The summed E-state index contributed by atoms with van der Waals surface area (Å²) in [5.41, 5.74) is 1.79. The molecule has 1 atom stereocenters. The van der Waals surface area contributed by atoms with Gasteiger partial charge in [-0.25, -0.2) is 9.37 Å². The Hall–Kier alpha value is -2.21. The van der Waals surface area contributed by atoms with Crippen molar-refractivity contribution in [1.29, 1.82) is 0 Å². The van der Waals surface area contributed by atoms with Crippen molar-refractivity contribution in [3.8, 4) is 0 Å². The molecule has 1 aliphatic rings. The zero-order valence-electron chi connectivity index (χ0n) is 15.4. The molecule has 1 aromatic carbocycles. The standard InChI is InChI=1S/C20H26FN3O2/c1-15-19(26-14-22-15)20(25)23(2)12-17-4-3-10-24(13-17)11-9-16-5-7-18(21)8-6-16/h5-8,14,17H,3-4,9-13H2,1-2H3/t17-/m1/s1. The number of rotatable bonds is 6. The van der Waals surface area contributed by atoms with Gasteiger partial charge in [-0.1, -0.05) is 12.1 Å². The highest BCUT2D eigenvalue weighted by Crippen LogP contribution is 2.19. The number of hydrogen-bond donors (Lipinski definition) is 0. The van der Waals surface area contributed by atoms with Crippen LogP contribution in [-0.2, 0) is 6.42 Å². The van der Waals surface area contributed by atoms with Crippen molar-refractivity contribution >= 4 is 5.91 Å². The van der Waals surface area contributed by atoms with Crippen LogP contribution in [0, 0.1) is 18.7 Å². The molecule has 140 valence electrons. The number of halogens is 1. The Bertz CT molecular complexity index is 729. The minimum absolute atomic E-state index is 0.108. The van der Waals surface area contributed by atoms with E-state index >= 15 is 0 Å². The van der Waals surface area contributed by atoms with Crippen LogP contribution in [0.5, 0.6) is 0 Å². The third-order valence-electron chi connectivity index (χ3n) is 5.05. The van der Waals surface area contributed by atoms with Crippen molar-refractivity contribution < 1.29 is 13.6 Å². The van der Waals surface area contributed by atoms with Crippen molar-refractivity contribution in [2.45, 2.75) is 26.2 Å². The molecule has 0 saturated carbocycles. The molecule has 2 heterocycles. The predicted octanol–water partition coefficient (Wildman–Crippen LogP) is 3.15. The number of benzene rings is 1. The second-order valence-corrected chi connectivity index (χ2v) is 7.14. The lowest BCUT2D eigenvalue weighted by atomic mass is 9.97. The fourth-order valence-electron chi connectivity index (χ4n) is 3.59. The van der Waals surface area contributed by atoms with Crippen LogP contribution in [0.2, 0.25) is 0 Å². The van der Waals surface area contributed by atoms with Gasteiger partial charge < -0.3 is 14.2 Å². The zero-order valence-corrected chi connectivity index (χ0v) is 15.4. The lowest BCUT2D eigenvalue weighted by Crippen LogP contribution is -2.42. The summed E-state index contributed by atoms with van der Waals surface area (Å²) in [6, 6.07) is 6.73. The topological polar surface area (TPSA) is 49.6 Å². The number of aromatic nitrogens is 1. The van der Waals surface area contributed by atoms with E-state index in [0.717, 1.165) is 44.5 Å². The van der Waals surface area contributed by atoms with Gasteiger partial charge in [0.2, 0.25) is 5.76 Å². The molecule has 0 N–H and O–H groups in total. The summed E-state index contributed by atoms with van der Waals surface area (Å²) in [5.74, 6) is 0.482. The molecule has 5 nitrogen and oxygen atoms in total. The first kappa shape index (κ1) is 18.6. The minimum atomic E-state index is -0.193. The number of carbonyl (C=O) groups excluding carboxylic acids is 1. The maximum Gasteiger partial charge on any atom is 0.291 e. The highest BCUT2D eigenvalue weighted by Gasteiger charge is 2.25. The highest BCUT2D eigenvalue weighted by atomic mass is 19.1. The highest BCUT2D eigenvalue weighted by molar-refractivity contribution is 5.92. The van der Waals surface area contributed by atoms with Crippen LogP contribution in [0.25, 0.3) is 0 Å². The van der Waals surface area contributed by atoms with Gasteiger partial charge in [-0.3, -0.25) is 4.79 Å². The van der Waals surface area contributed by atoms with Gasteiger partial charge in [0.05, 0.1) is 5.69 Å². The van der Waals surface area contributed by atoms with Crippen LogP contribution in [0.15, 0.2) is 35.1 Å². The number of oxazole rings is 1. The Morgan fingerprint density at radius 2 is 2.15 bits per heavy atom. The van der Waals surface area contributed by atoms with Crippen molar-refractivity contribution in [3.05, 3.63) is 53.5 Å². The van der Waals surface area contributed by atoms with Gasteiger partial charge in [-0.2, -0.15) is 0 Å². The van der Waals surface area contributed by atoms with Crippen molar-refractivity contribution in [2.75, 3.05) is 33.2 Å². The average Bonchev–Trinajstić information content (AvgIpc) is 3.07. The molecular formula is C20H26FN3O2. The Labute approximate surface area is 153 Å². The molecule has 1 aliphatic heterocycles. The van der Waals surface area contributed by atoms with Gasteiger partial charge in [0.1, 0.15) is 5.82 Å². The Morgan fingerprint density at radius 3 is 2.85 bits per heavy atom. The fraction of sp³-hybridized carbons (Fsp3) is 0.500. The van der Waals surface area contributed by atoms with Crippen molar-refractivity contribution in [1.82, 2.24) is 14.8 Å². The second kappa shape index (κ2) is 8.45. The molecule has 0 radical (unpaired) electrons.